The van der Waals surface area contributed by atoms with Crippen molar-refractivity contribution in [2.75, 3.05) is 0 Å². The predicted molar refractivity (Wildman–Crippen MR) is 76.4 cm³/mol. The molecule has 0 unspecified atom stereocenters. The summed E-state index contributed by atoms with van der Waals surface area (Å²) in [5.41, 5.74) is 3.44. The SMILES string of the molecule is Cc1cc2ncn(-c3c(F)cc(CO)cc3F)c2cc1C. The lowest BCUT2D eigenvalue weighted by Crippen LogP contribution is -2.02. The highest BCUT2D eigenvalue weighted by Gasteiger charge is 2.16. The number of hydrogen-bond acceptors (Lipinski definition) is 2. The third-order valence-electron chi connectivity index (χ3n) is 3.66. The van der Waals surface area contributed by atoms with Crippen molar-refractivity contribution >= 4 is 11.0 Å². The average molecular weight is 288 g/mol. The molecule has 3 rings (SSSR count). The second-order valence-electron chi connectivity index (χ2n) is 5.11. The predicted octanol–water partition coefficient (Wildman–Crippen LogP) is 3.41. The molecule has 0 amide bonds. The maximum Gasteiger partial charge on any atom is 0.150 e. The fourth-order valence-electron chi connectivity index (χ4n) is 2.38. The van der Waals surface area contributed by atoms with E-state index in [1.807, 2.05) is 26.0 Å². The normalized spacial score (nSPS) is 11.3. The number of halogens is 2. The van der Waals surface area contributed by atoms with Gasteiger partial charge in [-0.1, -0.05) is 0 Å². The van der Waals surface area contributed by atoms with E-state index >= 15 is 0 Å². The lowest BCUT2D eigenvalue weighted by atomic mass is 10.1. The van der Waals surface area contributed by atoms with Crippen LogP contribution in [0.15, 0.2) is 30.6 Å². The molecule has 3 nitrogen and oxygen atoms in total. The van der Waals surface area contributed by atoms with Gasteiger partial charge >= 0.3 is 0 Å². The van der Waals surface area contributed by atoms with Gasteiger partial charge in [-0.05, 0) is 54.8 Å². The Morgan fingerprint density at radius 3 is 2.29 bits per heavy atom. The molecule has 0 atom stereocenters. The zero-order valence-corrected chi connectivity index (χ0v) is 11.7. The Bertz CT molecular complexity index is 817. The summed E-state index contributed by atoms with van der Waals surface area (Å²) in [6, 6.07) is 6.01. The number of hydrogen-bond donors (Lipinski definition) is 1. The second kappa shape index (κ2) is 4.93. The summed E-state index contributed by atoms with van der Waals surface area (Å²) in [6.07, 6.45) is 1.41. The number of aryl methyl sites for hydroxylation is 2. The van der Waals surface area contributed by atoms with Crippen molar-refractivity contribution in [2.24, 2.45) is 0 Å². The molecule has 0 saturated heterocycles. The fourth-order valence-corrected chi connectivity index (χ4v) is 2.38. The van der Waals surface area contributed by atoms with Gasteiger partial charge in [0.2, 0.25) is 0 Å². The quantitative estimate of drug-likeness (QED) is 0.784. The van der Waals surface area contributed by atoms with E-state index in [1.165, 1.54) is 10.9 Å². The Kier molecular flexibility index (Phi) is 3.22. The molecule has 108 valence electrons. The van der Waals surface area contributed by atoms with Crippen LogP contribution in [-0.2, 0) is 6.61 Å². The van der Waals surface area contributed by atoms with Gasteiger partial charge in [-0.25, -0.2) is 13.8 Å². The molecule has 21 heavy (non-hydrogen) atoms. The van der Waals surface area contributed by atoms with Gasteiger partial charge < -0.3 is 5.11 Å². The van der Waals surface area contributed by atoms with Crippen LogP contribution in [0, 0.1) is 25.5 Å². The van der Waals surface area contributed by atoms with Gasteiger partial charge in [0.25, 0.3) is 0 Å². The standard InChI is InChI=1S/C16H14F2N2O/c1-9-3-14-15(4-10(9)2)20(8-19-14)16-12(17)5-11(7-21)6-13(16)18/h3-6,8,21H,7H2,1-2H3. The Balaban J connectivity index is 2.28. The van der Waals surface area contributed by atoms with Crippen molar-refractivity contribution in [1.29, 1.82) is 0 Å². The molecule has 0 radical (unpaired) electrons. The van der Waals surface area contributed by atoms with Crippen molar-refractivity contribution in [2.45, 2.75) is 20.5 Å². The molecular formula is C16H14F2N2O. The lowest BCUT2D eigenvalue weighted by molar-refractivity contribution is 0.280. The van der Waals surface area contributed by atoms with E-state index in [-0.39, 0.29) is 11.3 Å². The minimum Gasteiger partial charge on any atom is -0.392 e. The van der Waals surface area contributed by atoms with Gasteiger partial charge in [-0.15, -0.1) is 0 Å². The molecule has 5 heteroatoms. The van der Waals surface area contributed by atoms with Gasteiger partial charge in [-0.3, -0.25) is 4.57 Å². The molecule has 3 aromatic rings. The van der Waals surface area contributed by atoms with E-state index in [1.54, 1.807) is 0 Å². The molecule has 0 fully saturated rings. The lowest BCUT2D eigenvalue weighted by Gasteiger charge is -2.10. The third-order valence-corrected chi connectivity index (χ3v) is 3.66. The van der Waals surface area contributed by atoms with Crippen LogP contribution in [0.5, 0.6) is 0 Å². The first-order valence-corrected chi connectivity index (χ1v) is 6.54. The Morgan fingerprint density at radius 2 is 1.67 bits per heavy atom. The van der Waals surface area contributed by atoms with Crippen molar-refractivity contribution < 1.29 is 13.9 Å². The van der Waals surface area contributed by atoms with Crippen LogP contribution in [-0.4, -0.2) is 14.7 Å². The second-order valence-corrected chi connectivity index (χ2v) is 5.11. The van der Waals surface area contributed by atoms with Gasteiger partial charge in [0.1, 0.15) is 12.0 Å². The van der Waals surface area contributed by atoms with Crippen LogP contribution < -0.4 is 0 Å². The maximum absolute atomic E-state index is 14.2. The number of nitrogens with zero attached hydrogens (tertiary/aromatic N) is 2. The number of fused-ring (bicyclic) bond motifs is 1. The van der Waals surface area contributed by atoms with E-state index in [9.17, 15) is 8.78 Å². The molecule has 0 aliphatic rings. The number of aromatic nitrogens is 2. The van der Waals surface area contributed by atoms with E-state index in [0.717, 1.165) is 23.3 Å². The van der Waals surface area contributed by atoms with Crippen LogP contribution in [0.25, 0.3) is 16.7 Å². The first kappa shape index (κ1) is 13.7. The summed E-state index contributed by atoms with van der Waals surface area (Å²) in [7, 11) is 0. The van der Waals surface area contributed by atoms with Crippen LogP contribution in [0.1, 0.15) is 16.7 Å². The highest BCUT2D eigenvalue weighted by atomic mass is 19.1. The largest absolute Gasteiger partial charge is 0.392 e. The van der Waals surface area contributed by atoms with Crippen molar-refractivity contribution in [3.8, 4) is 5.69 Å². The third kappa shape index (κ3) is 2.19. The summed E-state index contributed by atoms with van der Waals surface area (Å²) in [5, 5.41) is 8.99. The topological polar surface area (TPSA) is 38.0 Å². The molecule has 2 aromatic carbocycles. The monoisotopic (exact) mass is 288 g/mol. The summed E-state index contributed by atoms with van der Waals surface area (Å²) in [4.78, 5) is 4.20. The Morgan fingerprint density at radius 1 is 1.05 bits per heavy atom. The maximum atomic E-state index is 14.2. The number of benzene rings is 2. The van der Waals surface area contributed by atoms with E-state index < -0.39 is 18.2 Å². The molecule has 0 aliphatic carbocycles. The van der Waals surface area contributed by atoms with Crippen LogP contribution in [0.4, 0.5) is 8.78 Å². The zero-order valence-electron chi connectivity index (χ0n) is 11.7. The molecule has 0 spiro atoms. The number of aliphatic hydroxyl groups is 1. The minimum absolute atomic E-state index is 0.182. The average Bonchev–Trinajstić information content (AvgIpc) is 2.81. The molecule has 0 saturated carbocycles. The summed E-state index contributed by atoms with van der Waals surface area (Å²) in [5.74, 6) is -1.45. The number of aliphatic hydroxyl groups excluding tert-OH is 1. The summed E-state index contributed by atoms with van der Waals surface area (Å²) >= 11 is 0. The first-order valence-electron chi connectivity index (χ1n) is 6.54. The van der Waals surface area contributed by atoms with E-state index in [2.05, 4.69) is 4.98 Å². The van der Waals surface area contributed by atoms with Crippen molar-refractivity contribution in [1.82, 2.24) is 9.55 Å². The number of rotatable bonds is 2. The van der Waals surface area contributed by atoms with Gasteiger partial charge in [0.15, 0.2) is 11.6 Å². The Labute approximate surface area is 120 Å². The number of imidazole rings is 1. The van der Waals surface area contributed by atoms with Gasteiger partial charge in [0, 0.05) is 0 Å². The first-order chi connectivity index (χ1) is 10.0. The van der Waals surface area contributed by atoms with Crippen molar-refractivity contribution in [3.05, 3.63) is 58.9 Å². The summed E-state index contributed by atoms with van der Waals surface area (Å²) in [6.45, 7) is 3.50. The smallest absolute Gasteiger partial charge is 0.150 e. The fraction of sp³-hybridized carbons (Fsp3) is 0.188. The van der Waals surface area contributed by atoms with Crippen LogP contribution in [0.2, 0.25) is 0 Å². The van der Waals surface area contributed by atoms with Gasteiger partial charge in [0.05, 0.1) is 17.6 Å². The van der Waals surface area contributed by atoms with Gasteiger partial charge in [-0.2, -0.15) is 0 Å². The highest BCUT2D eigenvalue weighted by molar-refractivity contribution is 5.79. The molecule has 1 heterocycles. The summed E-state index contributed by atoms with van der Waals surface area (Å²) < 4.78 is 29.7. The molecular weight excluding hydrogens is 274 g/mol. The Hall–Kier alpha value is -2.27. The highest BCUT2D eigenvalue weighted by Crippen LogP contribution is 2.26. The molecule has 1 N–H and O–H groups in total. The van der Waals surface area contributed by atoms with E-state index in [4.69, 9.17) is 5.11 Å². The minimum atomic E-state index is -0.725. The van der Waals surface area contributed by atoms with Crippen LogP contribution in [0.3, 0.4) is 0 Å². The molecule has 0 aliphatic heterocycles. The van der Waals surface area contributed by atoms with E-state index in [0.29, 0.717) is 11.0 Å². The van der Waals surface area contributed by atoms with Crippen molar-refractivity contribution in [3.63, 3.8) is 0 Å². The molecule has 1 aromatic heterocycles. The zero-order chi connectivity index (χ0) is 15.1. The molecule has 0 bridgehead atoms. The van der Waals surface area contributed by atoms with Crippen LogP contribution >= 0.6 is 0 Å².